The van der Waals surface area contributed by atoms with E-state index in [0.717, 1.165) is 52.8 Å². The minimum absolute atomic E-state index is 0.0568. The number of imide groups is 1. The van der Waals surface area contributed by atoms with E-state index in [9.17, 15) is 9.59 Å². The largest absolute Gasteiger partial charge is 0.369 e. The van der Waals surface area contributed by atoms with Crippen molar-refractivity contribution >= 4 is 39.3 Å². The van der Waals surface area contributed by atoms with E-state index in [2.05, 4.69) is 38.1 Å². The molecule has 0 atom stereocenters. The number of rotatable bonds is 6. The van der Waals surface area contributed by atoms with Gasteiger partial charge in [0.15, 0.2) is 0 Å². The standard InChI is InChI=1S/C22H23N5O2S/c28-20-22(9-4-5-10-22)26-21(29)27(20)12-6-11-23-18-17-16(15-7-2-1-3-8-15)13-30-19(17)25-14-24-18/h1-3,7-8,13-14H,4-6,9-12H2,(H,26,29)(H,23,24,25). The molecule has 3 heterocycles. The van der Waals surface area contributed by atoms with Crippen molar-refractivity contribution in [3.05, 3.63) is 42.0 Å². The molecule has 2 aliphatic rings. The summed E-state index contributed by atoms with van der Waals surface area (Å²) in [5.41, 5.74) is 1.60. The number of carbonyl (C=O) groups is 2. The lowest BCUT2D eigenvalue weighted by atomic mass is 9.98. The second-order valence-electron chi connectivity index (χ2n) is 7.87. The van der Waals surface area contributed by atoms with Gasteiger partial charge in [0.05, 0.1) is 5.39 Å². The fourth-order valence-corrected chi connectivity index (χ4v) is 5.40. The number of fused-ring (bicyclic) bond motifs is 1. The van der Waals surface area contributed by atoms with Crippen molar-refractivity contribution < 1.29 is 9.59 Å². The number of carbonyl (C=O) groups excluding carboxylic acids is 2. The molecule has 0 unspecified atom stereocenters. The Labute approximate surface area is 178 Å². The average Bonchev–Trinajstić information content (AvgIpc) is 3.47. The van der Waals surface area contributed by atoms with Crippen LogP contribution in [0.3, 0.4) is 0 Å². The molecule has 8 heteroatoms. The van der Waals surface area contributed by atoms with E-state index in [1.807, 2.05) is 18.2 Å². The molecule has 1 aromatic carbocycles. The molecule has 0 radical (unpaired) electrons. The predicted molar refractivity (Wildman–Crippen MR) is 117 cm³/mol. The van der Waals surface area contributed by atoms with Crippen LogP contribution in [0.25, 0.3) is 21.3 Å². The summed E-state index contributed by atoms with van der Waals surface area (Å²) >= 11 is 1.60. The number of anilines is 1. The van der Waals surface area contributed by atoms with Gasteiger partial charge in [0.25, 0.3) is 5.91 Å². The van der Waals surface area contributed by atoms with Gasteiger partial charge in [-0.15, -0.1) is 11.3 Å². The van der Waals surface area contributed by atoms with Crippen molar-refractivity contribution in [2.45, 2.75) is 37.6 Å². The Morgan fingerprint density at radius 1 is 1.13 bits per heavy atom. The van der Waals surface area contributed by atoms with Gasteiger partial charge in [0.1, 0.15) is 22.5 Å². The number of hydrogen-bond acceptors (Lipinski definition) is 6. The summed E-state index contributed by atoms with van der Waals surface area (Å²) in [5, 5.41) is 9.43. The molecule has 154 valence electrons. The van der Waals surface area contributed by atoms with E-state index in [1.165, 1.54) is 4.90 Å². The van der Waals surface area contributed by atoms with Crippen LogP contribution in [0, 0.1) is 0 Å². The first-order chi connectivity index (χ1) is 14.7. The first-order valence-electron chi connectivity index (χ1n) is 10.3. The quantitative estimate of drug-likeness (QED) is 0.464. The molecule has 30 heavy (non-hydrogen) atoms. The van der Waals surface area contributed by atoms with Crippen molar-refractivity contribution in [2.24, 2.45) is 0 Å². The van der Waals surface area contributed by atoms with Gasteiger partial charge in [-0.2, -0.15) is 0 Å². The Morgan fingerprint density at radius 3 is 2.73 bits per heavy atom. The molecule has 2 N–H and O–H groups in total. The van der Waals surface area contributed by atoms with E-state index < -0.39 is 5.54 Å². The summed E-state index contributed by atoms with van der Waals surface area (Å²) in [7, 11) is 0. The van der Waals surface area contributed by atoms with Crippen LogP contribution in [0.2, 0.25) is 0 Å². The van der Waals surface area contributed by atoms with Gasteiger partial charge in [0, 0.05) is 24.0 Å². The first kappa shape index (κ1) is 19.0. The van der Waals surface area contributed by atoms with Gasteiger partial charge in [-0.25, -0.2) is 14.8 Å². The number of nitrogens with zero attached hydrogens (tertiary/aromatic N) is 3. The monoisotopic (exact) mass is 421 g/mol. The minimum atomic E-state index is -0.634. The van der Waals surface area contributed by atoms with Gasteiger partial charge in [-0.1, -0.05) is 43.2 Å². The van der Waals surface area contributed by atoms with E-state index in [-0.39, 0.29) is 11.9 Å². The Kier molecular flexibility index (Phi) is 4.86. The number of thiophene rings is 1. The van der Waals surface area contributed by atoms with Crippen molar-refractivity contribution in [2.75, 3.05) is 18.4 Å². The summed E-state index contributed by atoms with van der Waals surface area (Å²) < 4.78 is 0. The molecule has 5 rings (SSSR count). The molecule has 1 aliphatic carbocycles. The maximum absolute atomic E-state index is 12.7. The molecule has 1 spiro atoms. The van der Waals surface area contributed by atoms with E-state index in [0.29, 0.717) is 19.5 Å². The fourth-order valence-electron chi connectivity index (χ4n) is 4.48. The molecule has 7 nitrogen and oxygen atoms in total. The van der Waals surface area contributed by atoms with Gasteiger partial charge in [0.2, 0.25) is 0 Å². The minimum Gasteiger partial charge on any atom is -0.369 e. The zero-order valence-corrected chi connectivity index (χ0v) is 17.4. The highest BCUT2D eigenvalue weighted by atomic mass is 32.1. The van der Waals surface area contributed by atoms with Crippen LogP contribution in [0.1, 0.15) is 32.1 Å². The highest BCUT2D eigenvalue weighted by Crippen LogP contribution is 2.37. The number of aromatic nitrogens is 2. The van der Waals surface area contributed by atoms with Crippen molar-refractivity contribution in [1.29, 1.82) is 0 Å². The molecule has 2 aromatic heterocycles. The van der Waals surface area contributed by atoms with Crippen LogP contribution in [0.5, 0.6) is 0 Å². The van der Waals surface area contributed by atoms with E-state index in [1.54, 1.807) is 17.7 Å². The Bertz CT molecular complexity index is 1090. The third-order valence-electron chi connectivity index (χ3n) is 6.01. The summed E-state index contributed by atoms with van der Waals surface area (Å²) in [6, 6.07) is 9.94. The summed E-state index contributed by atoms with van der Waals surface area (Å²) in [6.45, 7) is 1.02. The maximum Gasteiger partial charge on any atom is 0.325 e. The maximum atomic E-state index is 12.7. The van der Waals surface area contributed by atoms with Crippen molar-refractivity contribution in [3.8, 4) is 11.1 Å². The van der Waals surface area contributed by atoms with Crippen LogP contribution in [-0.2, 0) is 4.79 Å². The van der Waals surface area contributed by atoms with Gasteiger partial charge in [-0.05, 0) is 24.8 Å². The van der Waals surface area contributed by atoms with Crippen LogP contribution in [-0.4, -0.2) is 45.4 Å². The first-order valence-corrected chi connectivity index (χ1v) is 11.2. The third-order valence-corrected chi connectivity index (χ3v) is 6.90. The topological polar surface area (TPSA) is 87.2 Å². The van der Waals surface area contributed by atoms with Crippen LogP contribution in [0.15, 0.2) is 42.0 Å². The SMILES string of the molecule is O=C1NC2(CCCC2)C(=O)N1CCCNc1ncnc2scc(-c3ccccc3)c12. The van der Waals surface area contributed by atoms with Crippen LogP contribution in [0.4, 0.5) is 10.6 Å². The lowest BCUT2D eigenvalue weighted by Crippen LogP contribution is -2.44. The molecular weight excluding hydrogens is 398 g/mol. The summed E-state index contributed by atoms with van der Waals surface area (Å²) in [6.07, 6.45) is 5.73. The molecule has 0 bridgehead atoms. The molecule has 1 saturated carbocycles. The number of urea groups is 1. The lowest BCUT2D eigenvalue weighted by Gasteiger charge is -2.20. The number of amides is 3. The van der Waals surface area contributed by atoms with Crippen molar-refractivity contribution in [3.63, 3.8) is 0 Å². The summed E-state index contributed by atoms with van der Waals surface area (Å²) in [4.78, 5) is 36.2. The number of hydrogen-bond donors (Lipinski definition) is 2. The zero-order chi connectivity index (χ0) is 20.6. The smallest absolute Gasteiger partial charge is 0.325 e. The molecular formula is C22H23N5O2S. The van der Waals surface area contributed by atoms with Gasteiger partial charge >= 0.3 is 6.03 Å². The number of nitrogens with one attached hydrogen (secondary N) is 2. The second kappa shape index (κ2) is 7.68. The van der Waals surface area contributed by atoms with Crippen LogP contribution >= 0.6 is 11.3 Å². The van der Waals surface area contributed by atoms with Gasteiger partial charge in [-0.3, -0.25) is 9.69 Å². The van der Waals surface area contributed by atoms with Crippen molar-refractivity contribution in [1.82, 2.24) is 20.2 Å². The molecule has 1 saturated heterocycles. The number of benzene rings is 1. The normalized spacial score (nSPS) is 17.8. The predicted octanol–water partition coefficient (Wildman–Crippen LogP) is 4.02. The molecule has 3 aromatic rings. The van der Waals surface area contributed by atoms with Crippen LogP contribution < -0.4 is 10.6 Å². The second-order valence-corrected chi connectivity index (χ2v) is 8.73. The van der Waals surface area contributed by atoms with Gasteiger partial charge < -0.3 is 10.6 Å². The zero-order valence-electron chi connectivity index (χ0n) is 16.6. The molecule has 2 fully saturated rings. The Hall–Kier alpha value is -3.00. The highest BCUT2D eigenvalue weighted by molar-refractivity contribution is 7.17. The third kappa shape index (κ3) is 3.21. The van der Waals surface area contributed by atoms with E-state index >= 15 is 0 Å². The fraction of sp³-hybridized carbons (Fsp3) is 0.364. The van der Waals surface area contributed by atoms with E-state index in [4.69, 9.17) is 0 Å². The molecule has 1 aliphatic heterocycles. The summed E-state index contributed by atoms with van der Waals surface area (Å²) in [5.74, 6) is 0.725. The average molecular weight is 422 g/mol. The Morgan fingerprint density at radius 2 is 1.93 bits per heavy atom. The lowest BCUT2D eigenvalue weighted by molar-refractivity contribution is -0.131. The molecule has 3 amide bonds. The Balaban J connectivity index is 1.27. The highest BCUT2D eigenvalue weighted by Gasteiger charge is 2.51.